The van der Waals surface area contributed by atoms with Crippen LogP contribution < -0.4 is 0 Å². The van der Waals surface area contributed by atoms with E-state index in [1.54, 1.807) is 18.3 Å². The number of pyridine rings is 1. The molecule has 0 aliphatic rings. The van der Waals surface area contributed by atoms with E-state index in [1.807, 2.05) is 0 Å². The molecular weight excluding hydrogens is 284 g/mol. The molecule has 3 aromatic rings. The standard InChI is InChI=1S/C14H10ClF2N3/c15-10-6-9(19-12-7-18-20-14(10)12)5-4-8-2-1-3-11(16)13(8)17/h1-3,6-7H,4-5H2,(H,18,20). The van der Waals surface area contributed by atoms with Gasteiger partial charge in [0.2, 0.25) is 0 Å². The molecule has 1 aromatic carbocycles. The van der Waals surface area contributed by atoms with Gasteiger partial charge in [-0.2, -0.15) is 5.10 Å². The molecule has 102 valence electrons. The minimum absolute atomic E-state index is 0.329. The van der Waals surface area contributed by atoms with E-state index in [2.05, 4.69) is 15.2 Å². The van der Waals surface area contributed by atoms with Gasteiger partial charge in [0, 0.05) is 5.69 Å². The Bertz CT molecular complexity index is 770. The fourth-order valence-corrected chi connectivity index (χ4v) is 2.34. The Morgan fingerprint density at radius 2 is 2.05 bits per heavy atom. The van der Waals surface area contributed by atoms with Crippen molar-refractivity contribution >= 4 is 22.6 Å². The lowest BCUT2D eigenvalue weighted by atomic mass is 10.1. The van der Waals surface area contributed by atoms with Crippen molar-refractivity contribution in [2.45, 2.75) is 12.8 Å². The maximum absolute atomic E-state index is 13.6. The number of aromatic nitrogens is 3. The Morgan fingerprint density at radius 1 is 1.20 bits per heavy atom. The third kappa shape index (κ3) is 2.36. The number of aryl methyl sites for hydroxylation is 2. The fraction of sp³-hybridized carbons (Fsp3) is 0.143. The topological polar surface area (TPSA) is 41.6 Å². The first kappa shape index (κ1) is 13.0. The lowest BCUT2D eigenvalue weighted by Gasteiger charge is -2.05. The van der Waals surface area contributed by atoms with Crippen molar-refractivity contribution < 1.29 is 8.78 Å². The number of nitrogens with one attached hydrogen (secondary N) is 1. The minimum Gasteiger partial charge on any atom is -0.275 e. The monoisotopic (exact) mass is 293 g/mol. The molecule has 6 heteroatoms. The number of halogens is 3. The SMILES string of the molecule is Fc1cccc(CCc2cc(Cl)c3[nH]ncc3n2)c1F. The first-order chi connectivity index (χ1) is 9.65. The van der Waals surface area contributed by atoms with Crippen LogP contribution in [0.4, 0.5) is 8.78 Å². The molecular formula is C14H10ClF2N3. The fourth-order valence-electron chi connectivity index (χ4n) is 2.08. The molecule has 0 saturated carbocycles. The largest absolute Gasteiger partial charge is 0.275 e. The zero-order chi connectivity index (χ0) is 14.1. The minimum atomic E-state index is -0.834. The molecule has 0 aliphatic carbocycles. The summed E-state index contributed by atoms with van der Waals surface area (Å²) in [6.45, 7) is 0. The summed E-state index contributed by atoms with van der Waals surface area (Å²) in [5, 5.41) is 7.13. The van der Waals surface area contributed by atoms with Gasteiger partial charge in [0.15, 0.2) is 11.6 Å². The van der Waals surface area contributed by atoms with Crippen molar-refractivity contribution in [3.8, 4) is 0 Å². The summed E-state index contributed by atoms with van der Waals surface area (Å²) in [7, 11) is 0. The van der Waals surface area contributed by atoms with Crippen molar-refractivity contribution in [1.82, 2.24) is 15.2 Å². The highest BCUT2D eigenvalue weighted by Gasteiger charge is 2.10. The Morgan fingerprint density at radius 3 is 2.90 bits per heavy atom. The van der Waals surface area contributed by atoms with E-state index in [9.17, 15) is 8.78 Å². The van der Waals surface area contributed by atoms with Gasteiger partial charge < -0.3 is 0 Å². The van der Waals surface area contributed by atoms with E-state index in [4.69, 9.17) is 11.6 Å². The van der Waals surface area contributed by atoms with Crippen LogP contribution in [-0.2, 0) is 12.8 Å². The molecule has 20 heavy (non-hydrogen) atoms. The van der Waals surface area contributed by atoms with Gasteiger partial charge in [-0.05, 0) is 30.5 Å². The quantitative estimate of drug-likeness (QED) is 0.800. The number of hydrogen-bond donors (Lipinski definition) is 1. The van der Waals surface area contributed by atoms with Crippen LogP contribution in [0.2, 0.25) is 5.02 Å². The molecule has 0 radical (unpaired) electrons. The normalized spacial score (nSPS) is 11.2. The summed E-state index contributed by atoms with van der Waals surface area (Å²) in [6, 6.07) is 5.87. The average molecular weight is 294 g/mol. The summed E-state index contributed by atoms with van der Waals surface area (Å²) in [5.74, 6) is -1.64. The maximum atomic E-state index is 13.6. The zero-order valence-corrected chi connectivity index (χ0v) is 11.1. The second kappa shape index (κ2) is 5.17. The summed E-state index contributed by atoms with van der Waals surface area (Å²) in [5.41, 5.74) is 2.38. The van der Waals surface area contributed by atoms with E-state index in [1.165, 1.54) is 6.07 Å². The lowest BCUT2D eigenvalue weighted by molar-refractivity contribution is 0.498. The molecule has 0 bridgehead atoms. The smallest absolute Gasteiger partial charge is 0.162 e. The second-order valence-corrected chi connectivity index (χ2v) is 4.85. The summed E-state index contributed by atoms with van der Waals surface area (Å²) in [4.78, 5) is 4.37. The van der Waals surface area contributed by atoms with Crippen molar-refractivity contribution in [3.63, 3.8) is 0 Å². The van der Waals surface area contributed by atoms with Gasteiger partial charge in [-0.25, -0.2) is 13.8 Å². The maximum Gasteiger partial charge on any atom is 0.162 e. The Labute approximate surface area is 118 Å². The van der Waals surface area contributed by atoms with Crippen LogP contribution in [0, 0.1) is 11.6 Å². The highest BCUT2D eigenvalue weighted by atomic mass is 35.5. The molecule has 3 nitrogen and oxygen atoms in total. The van der Waals surface area contributed by atoms with Gasteiger partial charge in [-0.1, -0.05) is 23.7 Å². The van der Waals surface area contributed by atoms with E-state index in [-0.39, 0.29) is 0 Å². The molecule has 2 heterocycles. The van der Waals surface area contributed by atoms with Crippen molar-refractivity contribution in [1.29, 1.82) is 0 Å². The summed E-state index contributed by atoms with van der Waals surface area (Å²) >= 11 is 6.10. The zero-order valence-electron chi connectivity index (χ0n) is 10.3. The number of benzene rings is 1. The van der Waals surface area contributed by atoms with Crippen LogP contribution in [0.25, 0.3) is 11.0 Å². The molecule has 2 aromatic heterocycles. The van der Waals surface area contributed by atoms with Crippen LogP contribution in [0.1, 0.15) is 11.3 Å². The number of rotatable bonds is 3. The highest BCUT2D eigenvalue weighted by molar-refractivity contribution is 6.34. The van der Waals surface area contributed by atoms with Crippen LogP contribution in [-0.4, -0.2) is 15.2 Å². The van der Waals surface area contributed by atoms with Crippen LogP contribution in [0.15, 0.2) is 30.5 Å². The first-order valence-corrected chi connectivity index (χ1v) is 6.44. The molecule has 3 rings (SSSR count). The highest BCUT2D eigenvalue weighted by Crippen LogP contribution is 2.21. The van der Waals surface area contributed by atoms with Gasteiger partial charge in [0.05, 0.1) is 11.2 Å². The summed E-state index contributed by atoms with van der Waals surface area (Å²) < 4.78 is 26.7. The van der Waals surface area contributed by atoms with E-state index in [0.29, 0.717) is 40.2 Å². The molecule has 0 spiro atoms. The molecule has 0 amide bonds. The average Bonchev–Trinajstić information content (AvgIpc) is 2.89. The van der Waals surface area contributed by atoms with Gasteiger partial charge in [0.1, 0.15) is 11.0 Å². The number of fused-ring (bicyclic) bond motifs is 1. The van der Waals surface area contributed by atoms with Crippen molar-refractivity contribution in [2.24, 2.45) is 0 Å². The van der Waals surface area contributed by atoms with Gasteiger partial charge in [0.25, 0.3) is 0 Å². The van der Waals surface area contributed by atoms with Gasteiger partial charge >= 0.3 is 0 Å². The molecule has 0 unspecified atom stereocenters. The van der Waals surface area contributed by atoms with Crippen LogP contribution >= 0.6 is 11.6 Å². The van der Waals surface area contributed by atoms with E-state index in [0.717, 1.165) is 6.07 Å². The van der Waals surface area contributed by atoms with E-state index < -0.39 is 11.6 Å². The first-order valence-electron chi connectivity index (χ1n) is 6.06. The number of nitrogens with zero attached hydrogens (tertiary/aromatic N) is 2. The third-order valence-corrected chi connectivity index (χ3v) is 3.40. The van der Waals surface area contributed by atoms with Gasteiger partial charge in [-0.3, -0.25) is 5.10 Å². The Hall–Kier alpha value is -2.01. The third-order valence-electron chi connectivity index (χ3n) is 3.10. The Kier molecular flexibility index (Phi) is 3.36. The van der Waals surface area contributed by atoms with Crippen molar-refractivity contribution in [2.75, 3.05) is 0 Å². The number of H-pyrrole nitrogens is 1. The second-order valence-electron chi connectivity index (χ2n) is 4.44. The number of aromatic amines is 1. The molecule has 0 atom stereocenters. The lowest BCUT2D eigenvalue weighted by Crippen LogP contribution is -1.99. The predicted molar refractivity (Wildman–Crippen MR) is 72.7 cm³/mol. The summed E-state index contributed by atoms with van der Waals surface area (Å²) in [6.07, 6.45) is 2.41. The number of hydrogen-bond acceptors (Lipinski definition) is 2. The van der Waals surface area contributed by atoms with E-state index >= 15 is 0 Å². The molecule has 0 fully saturated rings. The predicted octanol–water partition coefficient (Wildman–Crippen LogP) is 3.67. The van der Waals surface area contributed by atoms with Gasteiger partial charge in [-0.15, -0.1) is 0 Å². The van der Waals surface area contributed by atoms with Crippen LogP contribution in [0.3, 0.4) is 0 Å². The molecule has 0 aliphatic heterocycles. The van der Waals surface area contributed by atoms with Crippen molar-refractivity contribution in [3.05, 3.63) is 58.4 Å². The Balaban J connectivity index is 1.84. The van der Waals surface area contributed by atoms with Crippen LogP contribution in [0.5, 0.6) is 0 Å². The molecule has 1 N–H and O–H groups in total. The molecule has 0 saturated heterocycles.